The molecule has 0 aliphatic carbocycles. The van der Waals surface area contributed by atoms with Crippen LogP contribution in [0.3, 0.4) is 0 Å². The van der Waals surface area contributed by atoms with Gasteiger partial charge in [0.2, 0.25) is 0 Å². The van der Waals surface area contributed by atoms with Crippen molar-refractivity contribution in [3.05, 3.63) is 63.7 Å². The first-order valence-electron chi connectivity index (χ1n) is 6.67. The minimum atomic E-state index is -0.458. The van der Waals surface area contributed by atoms with E-state index in [4.69, 9.17) is 0 Å². The van der Waals surface area contributed by atoms with Crippen LogP contribution in [0.2, 0.25) is 0 Å². The Morgan fingerprint density at radius 3 is 2.14 bits per heavy atom. The average molecular weight is 283 g/mol. The first-order valence-corrected chi connectivity index (χ1v) is 6.67. The summed E-state index contributed by atoms with van der Waals surface area (Å²) in [4.78, 5) is 21.5. The normalized spacial score (nSPS) is 11.2. The van der Waals surface area contributed by atoms with Crippen LogP contribution < -0.4 is 0 Å². The molecule has 0 saturated carbocycles. The molecule has 0 N–H and O–H groups in total. The summed E-state index contributed by atoms with van der Waals surface area (Å²) in [7, 11) is 0. The van der Waals surface area contributed by atoms with E-state index in [9.17, 15) is 14.9 Å². The van der Waals surface area contributed by atoms with E-state index in [0.717, 1.165) is 5.56 Å². The van der Waals surface area contributed by atoms with Gasteiger partial charge in [-0.3, -0.25) is 14.9 Å². The van der Waals surface area contributed by atoms with Gasteiger partial charge < -0.3 is 0 Å². The monoisotopic (exact) mass is 283 g/mol. The fourth-order valence-corrected chi connectivity index (χ4v) is 2.17. The van der Waals surface area contributed by atoms with Gasteiger partial charge in [0.15, 0.2) is 0 Å². The molecule has 0 bridgehead atoms. The van der Waals surface area contributed by atoms with Crippen molar-refractivity contribution >= 4 is 12.0 Å². The number of benzene rings is 2. The van der Waals surface area contributed by atoms with Gasteiger partial charge in [-0.15, -0.1) is 0 Å². The zero-order valence-corrected chi connectivity index (χ0v) is 12.3. The second kappa shape index (κ2) is 5.48. The molecular formula is C17H17NO3. The van der Waals surface area contributed by atoms with E-state index in [1.54, 1.807) is 12.1 Å². The number of carbonyl (C=O) groups excluding carboxylic acids is 1. The average Bonchev–Trinajstić information content (AvgIpc) is 2.45. The lowest BCUT2D eigenvalue weighted by molar-refractivity contribution is -0.384. The number of nitro benzene ring substituents is 1. The number of aldehydes is 1. The molecule has 0 saturated heterocycles. The second-order valence-electron chi connectivity index (χ2n) is 5.98. The van der Waals surface area contributed by atoms with Crippen LogP contribution in [-0.2, 0) is 5.41 Å². The predicted octanol–water partition coefficient (Wildman–Crippen LogP) is 4.37. The van der Waals surface area contributed by atoms with Crippen molar-refractivity contribution in [3.8, 4) is 11.1 Å². The van der Waals surface area contributed by atoms with Crippen LogP contribution in [0.1, 0.15) is 36.7 Å². The third-order valence-corrected chi connectivity index (χ3v) is 3.42. The predicted molar refractivity (Wildman–Crippen MR) is 82.6 cm³/mol. The number of hydrogen-bond acceptors (Lipinski definition) is 3. The Morgan fingerprint density at radius 2 is 1.67 bits per heavy atom. The standard InChI is InChI=1S/C17H17NO3/c1-17(2,3)14-7-5-13(6-8-14)15-9-4-12(11-19)10-16(15)18(20)21/h4-11H,1-3H3. The zero-order valence-electron chi connectivity index (χ0n) is 12.3. The highest BCUT2D eigenvalue weighted by atomic mass is 16.6. The summed E-state index contributed by atoms with van der Waals surface area (Å²) < 4.78 is 0. The molecule has 0 amide bonds. The van der Waals surface area contributed by atoms with Crippen LogP contribution in [0.25, 0.3) is 11.1 Å². The quantitative estimate of drug-likeness (QED) is 0.477. The molecule has 0 aliphatic rings. The number of rotatable bonds is 3. The molecule has 4 nitrogen and oxygen atoms in total. The molecule has 0 aliphatic heterocycles. The summed E-state index contributed by atoms with van der Waals surface area (Å²) in [6, 6.07) is 12.2. The van der Waals surface area contributed by atoms with Crippen LogP contribution in [0.5, 0.6) is 0 Å². The maximum atomic E-state index is 11.2. The van der Waals surface area contributed by atoms with E-state index in [0.29, 0.717) is 17.4 Å². The summed E-state index contributed by atoms with van der Waals surface area (Å²) in [5, 5.41) is 11.2. The largest absolute Gasteiger partial charge is 0.298 e. The SMILES string of the molecule is CC(C)(C)c1ccc(-c2ccc(C=O)cc2[N+](=O)[O-])cc1. The molecule has 0 fully saturated rings. The highest BCUT2D eigenvalue weighted by Gasteiger charge is 2.18. The smallest absolute Gasteiger partial charge is 0.277 e. The molecule has 21 heavy (non-hydrogen) atoms. The van der Waals surface area contributed by atoms with E-state index in [1.807, 2.05) is 24.3 Å². The Morgan fingerprint density at radius 1 is 1.05 bits per heavy atom. The molecule has 0 atom stereocenters. The van der Waals surface area contributed by atoms with Gasteiger partial charge >= 0.3 is 0 Å². The molecule has 0 unspecified atom stereocenters. The minimum Gasteiger partial charge on any atom is -0.298 e. The van der Waals surface area contributed by atoms with Gasteiger partial charge in [0.25, 0.3) is 5.69 Å². The highest BCUT2D eigenvalue weighted by molar-refractivity contribution is 5.82. The fourth-order valence-electron chi connectivity index (χ4n) is 2.17. The first-order chi connectivity index (χ1) is 9.82. The molecule has 4 heteroatoms. The molecule has 0 spiro atoms. The van der Waals surface area contributed by atoms with Gasteiger partial charge in [0, 0.05) is 11.6 Å². The Kier molecular flexibility index (Phi) is 3.89. The molecule has 2 aromatic carbocycles. The Labute approximate surface area is 123 Å². The lowest BCUT2D eigenvalue weighted by Crippen LogP contribution is -2.10. The van der Waals surface area contributed by atoms with Crippen LogP contribution in [0.4, 0.5) is 5.69 Å². The van der Waals surface area contributed by atoms with E-state index >= 15 is 0 Å². The number of nitrogens with zero attached hydrogens (tertiary/aromatic N) is 1. The number of carbonyl (C=O) groups is 1. The summed E-state index contributed by atoms with van der Waals surface area (Å²) in [6.07, 6.45) is 0.611. The third-order valence-electron chi connectivity index (χ3n) is 3.42. The number of nitro groups is 1. The van der Waals surface area contributed by atoms with Gasteiger partial charge in [0.05, 0.1) is 10.5 Å². The number of hydrogen-bond donors (Lipinski definition) is 0. The second-order valence-corrected chi connectivity index (χ2v) is 5.98. The summed E-state index contributed by atoms with van der Waals surface area (Å²) in [5.74, 6) is 0. The van der Waals surface area contributed by atoms with Gasteiger partial charge in [-0.25, -0.2) is 0 Å². The summed E-state index contributed by atoms with van der Waals surface area (Å²) in [6.45, 7) is 6.34. The maximum Gasteiger partial charge on any atom is 0.277 e. The highest BCUT2D eigenvalue weighted by Crippen LogP contribution is 2.32. The lowest BCUT2D eigenvalue weighted by Gasteiger charge is -2.19. The minimum absolute atomic E-state index is 0.0336. The van der Waals surface area contributed by atoms with Crippen molar-refractivity contribution in [2.45, 2.75) is 26.2 Å². The molecular weight excluding hydrogens is 266 g/mol. The Bertz CT molecular complexity index is 682. The van der Waals surface area contributed by atoms with E-state index in [2.05, 4.69) is 20.8 Å². The topological polar surface area (TPSA) is 60.2 Å². The van der Waals surface area contributed by atoms with E-state index in [-0.39, 0.29) is 11.1 Å². The van der Waals surface area contributed by atoms with Crippen molar-refractivity contribution in [3.63, 3.8) is 0 Å². The van der Waals surface area contributed by atoms with Crippen LogP contribution in [0, 0.1) is 10.1 Å². The van der Waals surface area contributed by atoms with Gasteiger partial charge in [-0.05, 0) is 22.6 Å². The van der Waals surface area contributed by atoms with Crippen molar-refractivity contribution in [1.82, 2.24) is 0 Å². The van der Waals surface area contributed by atoms with Crippen molar-refractivity contribution in [2.24, 2.45) is 0 Å². The van der Waals surface area contributed by atoms with Crippen LogP contribution >= 0.6 is 0 Å². The molecule has 0 radical (unpaired) electrons. The van der Waals surface area contributed by atoms with Gasteiger partial charge in [-0.1, -0.05) is 51.1 Å². The van der Waals surface area contributed by atoms with Crippen molar-refractivity contribution in [2.75, 3.05) is 0 Å². The maximum absolute atomic E-state index is 11.2. The Balaban J connectivity index is 2.51. The fraction of sp³-hybridized carbons (Fsp3) is 0.235. The summed E-state index contributed by atoms with van der Waals surface area (Å²) in [5.41, 5.74) is 2.74. The Hall–Kier alpha value is -2.49. The molecule has 0 aromatic heterocycles. The van der Waals surface area contributed by atoms with Crippen LogP contribution in [-0.4, -0.2) is 11.2 Å². The molecule has 108 valence electrons. The zero-order chi connectivity index (χ0) is 15.6. The molecule has 2 aromatic rings. The van der Waals surface area contributed by atoms with Crippen molar-refractivity contribution < 1.29 is 9.72 Å². The van der Waals surface area contributed by atoms with E-state index in [1.165, 1.54) is 11.6 Å². The van der Waals surface area contributed by atoms with E-state index < -0.39 is 4.92 Å². The lowest BCUT2D eigenvalue weighted by atomic mass is 9.86. The van der Waals surface area contributed by atoms with Crippen molar-refractivity contribution in [1.29, 1.82) is 0 Å². The first kappa shape index (κ1) is 14.9. The van der Waals surface area contributed by atoms with Gasteiger partial charge in [0.1, 0.15) is 6.29 Å². The summed E-state index contributed by atoms with van der Waals surface area (Å²) >= 11 is 0. The molecule has 0 heterocycles. The molecule has 2 rings (SSSR count). The van der Waals surface area contributed by atoms with Gasteiger partial charge in [-0.2, -0.15) is 0 Å². The third kappa shape index (κ3) is 3.16. The van der Waals surface area contributed by atoms with Crippen LogP contribution in [0.15, 0.2) is 42.5 Å².